The van der Waals surface area contributed by atoms with Crippen LogP contribution in [0.2, 0.25) is 5.15 Å². The number of ether oxygens (including phenoxy) is 1. The highest BCUT2D eigenvalue weighted by Gasteiger charge is 2.42. The zero-order valence-electron chi connectivity index (χ0n) is 10.4. The lowest BCUT2D eigenvalue weighted by molar-refractivity contribution is -0.385. The molecule has 0 aromatic carbocycles. The first-order chi connectivity index (χ1) is 9.56. The lowest BCUT2D eigenvalue weighted by Gasteiger charge is -2.19. The van der Waals surface area contributed by atoms with Crippen molar-refractivity contribution in [3.05, 3.63) is 33.1 Å². The molecule has 0 spiro atoms. The van der Waals surface area contributed by atoms with Crippen molar-refractivity contribution in [3.8, 4) is 0 Å². The molecule has 7 nitrogen and oxygen atoms in total. The smallest absolute Gasteiger partial charge is 0.319 e. The molecule has 1 aromatic heterocycles. The van der Waals surface area contributed by atoms with Gasteiger partial charge in [-0.1, -0.05) is 11.6 Å². The van der Waals surface area contributed by atoms with E-state index in [-0.39, 0.29) is 29.0 Å². The first-order valence-corrected chi connectivity index (χ1v) is 6.69. The van der Waals surface area contributed by atoms with E-state index in [0.717, 1.165) is 19.3 Å². The van der Waals surface area contributed by atoms with Crippen LogP contribution in [0.1, 0.15) is 29.6 Å². The minimum Gasteiger partial charge on any atom is -0.373 e. The summed E-state index contributed by atoms with van der Waals surface area (Å²) in [5, 5.41) is 13.5. The number of amides is 1. The van der Waals surface area contributed by atoms with Gasteiger partial charge in [-0.3, -0.25) is 14.9 Å². The average Bonchev–Trinajstić information content (AvgIpc) is 3.00. The van der Waals surface area contributed by atoms with Crippen molar-refractivity contribution in [1.29, 1.82) is 0 Å². The summed E-state index contributed by atoms with van der Waals surface area (Å²) in [6.07, 6.45) is 4.17. The molecule has 3 unspecified atom stereocenters. The third-order valence-electron chi connectivity index (χ3n) is 3.73. The Kier molecular flexibility index (Phi) is 3.31. The molecule has 0 aliphatic carbocycles. The third kappa shape index (κ3) is 2.23. The number of fused-ring (bicyclic) bond motifs is 2. The van der Waals surface area contributed by atoms with Gasteiger partial charge in [-0.25, -0.2) is 4.98 Å². The Bertz CT molecular complexity index is 580. The van der Waals surface area contributed by atoms with Crippen LogP contribution in [0.4, 0.5) is 5.69 Å². The van der Waals surface area contributed by atoms with Gasteiger partial charge in [0.2, 0.25) is 5.15 Å². The quantitative estimate of drug-likeness (QED) is 0.520. The summed E-state index contributed by atoms with van der Waals surface area (Å²) in [6.45, 7) is 0. The van der Waals surface area contributed by atoms with Crippen LogP contribution in [-0.2, 0) is 4.74 Å². The maximum absolute atomic E-state index is 12.2. The van der Waals surface area contributed by atoms with E-state index in [0.29, 0.717) is 0 Å². The van der Waals surface area contributed by atoms with Crippen molar-refractivity contribution >= 4 is 23.2 Å². The molecular weight excluding hydrogens is 286 g/mol. The summed E-state index contributed by atoms with van der Waals surface area (Å²) in [7, 11) is 0. The molecule has 2 aliphatic rings. The third-order valence-corrected chi connectivity index (χ3v) is 4.01. The first kappa shape index (κ1) is 13.3. The van der Waals surface area contributed by atoms with E-state index in [2.05, 4.69) is 10.3 Å². The second kappa shape index (κ2) is 4.99. The molecule has 1 amide bonds. The fraction of sp³-hybridized carbons (Fsp3) is 0.500. The van der Waals surface area contributed by atoms with Gasteiger partial charge in [-0.15, -0.1) is 0 Å². The van der Waals surface area contributed by atoms with Crippen LogP contribution in [-0.4, -0.2) is 34.1 Å². The molecule has 8 heteroatoms. The van der Waals surface area contributed by atoms with Gasteiger partial charge in [0.15, 0.2) is 0 Å². The second-order valence-electron chi connectivity index (χ2n) is 4.94. The topological polar surface area (TPSA) is 94.4 Å². The summed E-state index contributed by atoms with van der Waals surface area (Å²) < 4.78 is 5.64. The fourth-order valence-electron chi connectivity index (χ4n) is 2.82. The maximum Gasteiger partial charge on any atom is 0.319 e. The average molecular weight is 298 g/mol. The number of halogens is 1. The molecule has 3 atom stereocenters. The lowest BCUT2D eigenvalue weighted by atomic mass is 9.95. The monoisotopic (exact) mass is 297 g/mol. The number of aromatic nitrogens is 1. The summed E-state index contributed by atoms with van der Waals surface area (Å²) in [4.78, 5) is 26.1. The molecule has 0 radical (unpaired) electrons. The van der Waals surface area contributed by atoms with Gasteiger partial charge in [-0.05, 0) is 25.3 Å². The Morgan fingerprint density at radius 1 is 1.55 bits per heavy atom. The summed E-state index contributed by atoms with van der Waals surface area (Å²) in [6, 6.07) is 1.21. The Balaban J connectivity index is 1.81. The van der Waals surface area contributed by atoms with E-state index >= 15 is 0 Å². The molecule has 106 valence electrons. The number of hydrogen-bond acceptors (Lipinski definition) is 5. The van der Waals surface area contributed by atoms with Gasteiger partial charge in [0.05, 0.1) is 23.2 Å². The minimum atomic E-state index is -0.693. The van der Waals surface area contributed by atoms with E-state index < -0.39 is 16.5 Å². The standard InChI is InChI=1S/C12H12ClN3O4/c13-11-10(16(18)19)7(3-4-14-11)12(17)15-8-5-6-1-2-9(8)20-6/h3-4,6,8-9H,1-2,5H2,(H,15,17). The van der Waals surface area contributed by atoms with E-state index in [1.165, 1.54) is 12.3 Å². The Morgan fingerprint density at radius 2 is 2.35 bits per heavy atom. The molecular formula is C12H12ClN3O4. The molecule has 2 aliphatic heterocycles. The van der Waals surface area contributed by atoms with Crippen LogP contribution >= 0.6 is 11.6 Å². The predicted octanol–water partition coefficient (Wildman–Crippen LogP) is 1.69. The predicted molar refractivity (Wildman–Crippen MR) is 69.7 cm³/mol. The summed E-state index contributed by atoms with van der Waals surface area (Å²) in [5.74, 6) is -0.512. The van der Waals surface area contributed by atoms with Gasteiger partial charge in [0.1, 0.15) is 5.56 Å². The maximum atomic E-state index is 12.2. The van der Waals surface area contributed by atoms with Crippen molar-refractivity contribution in [2.45, 2.75) is 37.5 Å². The number of rotatable bonds is 3. The van der Waals surface area contributed by atoms with Crippen molar-refractivity contribution in [2.24, 2.45) is 0 Å². The Labute approximate surface area is 119 Å². The summed E-state index contributed by atoms with van der Waals surface area (Å²) in [5.41, 5.74) is -0.534. The van der Waals surface area contributed by atoms with Crippen molar-refractivity contribution in [1.82, 2.24) is 10.3 Å². The number of nitrogens with zero attached hydrogens (tertiary/aromatic N) is 2. The molecule has 2 saturated heterocycles. The van der Waals surface area contributed by atoms with Gasteiger partial charge in [0.25, 0.3) is 5.91 Å². The molecule has 1 N–H and O–H groups in total. The first-order valence-electron chi connectivity index (χ1n) is 6.31. The molecule has 2 bridgehead atoms. The van der Waals surface area contributed by atoms with Crippen LogP contribution in [0.25, 0.3) is 0 Å². The van der Waals surface area contributed by atoms with Crippen LogP contribution in [0, 0.1) is 10.1 Å². The van der Waals surface area contributed by atoms with Crippen molar-refractivity contribution in [3.63, 3.8) is 0 Å². The van der Waals surface area contributed by atoms with Crippen LogP contribution in [0.3, 0.4) is 0 Å². The zero-order valence-corrected chi connectivity index (χ0v) is 11.2. The van der Waals surface area contributed by atoms with Gasteiger partial charge >= 0.3 is 5.69 Å². The fourth-order valence-corrected chi connectivity index (χ4v) is 3.05. The van der Waals surface area contributed by atoms with Crippen LogP contribution in [0.15, 0.2) is 12.3 Å². The molecule has 1 aromatic rings. The molecule has 0 saturated carbocycles. The Hall–Kier alpha value is -1.73. The zero-order chi connectivity index (χ0) is 14.3. The number of hydrogen-bond donors (Lipinski definition) is 1. The number of pyridine rings is 1. The highest BCUT2D eigenvalue weighted by molar-refractivity contribution is 6.32. The molecule has 2 fully saturated rings. The van der Waals surface area contributed by atoms with E-state index in [1.54, 1.807) is 0 Å². The normalized spacial score (nSPS) is 27.6. The van der Waals surface area contributed by atoms with Crippen molar-refractivity contribution < 1.29 is 14.5 Å². The summed E-state index contributed by atoms with van der Waals surface area (Å²) >= 11 is 5.69. The molecule has 3 rings (SSSR count). The largest absolute Gasteiger partial charge is 0.373 e. The highest BCUT2D eigenvalue weighted by atomic mass is 35.5. The van der Waals surface area contributed by atoms with Crippen LogP contribution < -0.4 is 5.32 Å². The van der Waals surface area contributed by atoms with E-state index in [9.17, 15) is 14.9 Å². The number of nitrogens with one attached hydrogen (secondary N) is 1. The lowest BCUT2D eigenvalue weighted by Crippen LogP contribution is -2.41. The highest BCUT2D eigenvalue weighted by Crippen LogP contribution is 2.35. The van der Waals surface area contributed by atoms with E-state index in [1.807, 2.05) is 0 Å². The second-order valence-corrected chi connectivity index (χ2v) is 5.30. The van der Waals surface area contributed by atoms with E-state index in [4.69, 9.17) is 16.3 Å². The SMILES string of the molecule is O=C(NC1CC2CCC1O2)c1ccnc(Cl)c1[N+](=O)[O-]. The minimum absolute atomic E-state index is 0.0142. The van der Waals surface area contributed by atoms with Crippen molar-refractivity contribution in [2.75, 3.05) is 0 Å². The molecule has 20 heavy (non-hydrogen) atoms. The van der Waals surface area contributed by atoms with Crippen LogP contribution in [0.5, 0.6) is 0 Å². The van der Waals surface area contributed by atoms with Gasteiger partial charge in [-0.2, -0.15) is 0 Å². The Morgan fingerprint density at radius 3 is 2.95 bits per heavy atom. The van der Waals surface area contributed by atoms with Gasteiger partial charge < -0.3 is 10.1 Å². The number of carbonyl (C=O) groups excluding carboxylic acids is 1. The van der Waals surface area contributed by atoms with Gasteiger partial charge in [0, 0.05) is 6.20 Å². The molecule has 3 heterocycles. The number of carbonyl (C=O) groups is 1. The number of nitro groups is 1.